The first-order chi connectivity index (χ1) is 7.36. The summed E-state index contributed by atoms with van der Waals surface area (Å²) in [7, 11) is 0. The monoisotopic (exact) mass is 207 g/mol. The largest absolute Gasteiger partial charge is 0.353 e. The van der Waals surface area contributed by atoms with Crippen molar-refractivity contribution in [1.82, 2.24) is 0 Å². The quantitative estimate of drug-likeness (QED) is 0.715. The molecule has 1 radical (unpaired) electrons. The fourth-order valence-corrected chi connectivity index (χ4v) is 1.65. The molecule has 0 saturated carbocycles. The predicted octanol–water partition coefficient (Wildman–Crippen LogP) is 2.66. The minimum absolute atomic E-state index is 0.318. The first kappa shape index (κ1) is 10.6. The molecule has 0 bridgehead atoms. The molecule has 0 aromatic heterocycles. The minimum Gasteiger partial charge on any atom is -0.353 e. The van der Waals surface area contributed by atoms with Crippen LogP contribution in [-0.2, 0) is 14.6 Å². The molecule has 81 valence electrons. The van der Waals surface area contributed by atoms with Crippen LogP contribution in [0.4, 0.5) is 0 Å². The molecule has 1 aliphatic heterocycles. The van der Waals surface area contributed by atoms with Gasteiger partial charge in [0.15, 0.2) is 6.29 Å². The van der Waals surface area contributed by atoms with Gasteiger partial charge in [-0.3, -0.25) is 0 Å². The Morgan fingerprint density at radius 2 is 2.07 bits per heavy atom. The van der Waals surface area contributed by atoms with Gasteiger partial charge in [0, 0.05) is 12.2 Å². The van der Waals surface area contributed by atoms with Crippen LogP contribution in [-0.4, -0.2) is 12.9 Å². The molecule has 1 saturated heterocycles. The number of hydrogen-bond donors (Lipinski definition) is 0. The highest BCUT2D eigenvalue weighted by molar-refractivity contribution is 5.15. The van der Waals surface area contributed by atoms with Gasteiger partial charge >= 0.3 is 0 Å². The van der Waals surface area contributed by atoms with E-state index in [2.05, 4.69) is 0 Å². The SMILES string of the molecule is [O]C(OC1CCCCO1)c1ccccc1. The van der Waals surface area contributed by atoms with Crippen LogP contribution in [0.5, 0.6) is 0 Å². The van der Waals surface area contributed by atoms with Crippen molar-refractivity contribution < 1.29 is 14.6 Å². The topological polar surface area (TPSA) is 38.4 Å². The third-order valence-corrected chi connectivity index (χ3v) is 2.49. The van der Waals surface area contributed by atoms with Gasteiger partial charge in [-0.25, -0.2) is 0 Å². The van der Waals surface area contributed by atoms with Crippen molar-refractivity contribution in [3.63, 3.8) is 0 Å². The lowest BCUT2D eigenvalue weighted by Gasteiger charge is -2.24. The van der Waals surface area contributed by atoms with Gasteiger partial charge in [0.1, 0.15) is 0 Å². The van der Waals surface area contributed by atoms with Crippen molar-refractivity contribution in [3.8, 4) is 0 Å². The summed E-state index contributed by atoms with van der Waals surface area (Å²) in [5.74, 6) is 0. The fourth-order valence-electron chi connectivity index (χ4n) is 1.65. The van der Waals surface area contributed by atoms with E-state index < -0.39 is 6.29 Å². The Bertz CT molecular complexity index is 280. The number of rotatable bonds is 3. The Hall–Kier alpha value is -0.900. The van der Waals surface area contributed by atoms with Crippen molar-refractivity contribution in [2.75, 3.05) is 6.61 Å². The van der Waals surface area contributed by atoms with E-state index in [1.165, 1.54) is 0 Å². The van der Waals surface area contributed by atoms with Crippen LogP contribution in [0.3, 0.4) is 0 Å². The maximum atomic E-state index is 11.7. The van der Waals surface area contributed by atoms with Crippen molar-refractivity contribution in [2.45, 2.75) is 31.8 Å². The second-order valence-corrected chi connectivity index (χ2v) is 3.67. The van der Waals surface area contributed by atoms with E-state index >= 15 is 0 Å². The zero-order valence-electron chi connectivity index (χ0n) is 8.59. The molecule has 3 heteroatoms. The van der Waals surface area contributed by atoms with Crippen LogP contribution in [0.25, 0.3) is 0 Å². The third kappa shape index (κ3) is 3.02. The van der Waals surface area contributed by atoms with Crippen LogP contribution in [0.1, 0.15) is 31.1 Å². The summed E-state index contributed by atoms with van der Waals surface area (Å²) >= 11 is 0. The number of benzene rings is 1. The normalized spacial score (nSPS) is 23.7. The first-order valence-corrected chi connectivity index (χ1v) is 5.34. The van der Waals surface area contributed by atoms with Crippen LogP contribution in [0.2, 0.25) is 0 Å². The van der Waals surface area contributed by atoms with Gasteiger partial charge in [0.25, 0.3) is 0 Å². The molecule has 2 rings (SSSR count). The maximum Gasteiger partial charge on any atom is 0.219 e. The van der Waals surface area contributed by atoms with E-state index in [4.69, 9.17) is 9.47 Å². The summed E-state index contributed by atoms with van der Waals surface area (Å²) in [5.41, 5.74) is 0.659. The summed E-state index contributed by atoms with van der Waals surface area (Å²) in [6.07, 6.45) is 1.52. The van der Waals surface area contributed by atoms with Crippen LogP contribution in [0.15, 0.2) is 30.3 Å². The third-order valence-electron chi connectivity index (χ3n) is 2.49. The van der Waals surface area contributed by atoms with E-state index in [0.29, 0.717) is 12.2 Å². The van der Waals surface area contributed by atoms with E-state index in [0.717, 1.165) is 19.3 Å². The van der Waals surface area contributed by atoms with E-state index in [1.54, 1.807) is 12.1 Å². The molecular formula is C12H15O3. The highest BCUT2D eigenvalue weighted by atomic mass is 16.7. The summed E-state index contributed by atoms with van der Waals surface area (Å²) in [4.78, 5) is 0. The van der Waals surface area contributed by atoms with Gasteiger partial charge in [-0.1, -0.05) is 30.3 Å². The Morgan fingerprint density at radius 3 is 2.73 bits per heavy atom. The summed E-state index contributed by atoms with van der Waals surface area (Å²) in [6.45, 7) is 0.701. The molecular weight excluding hydrogens is 192 g/mol. The van der Waals surface area contributed by atoms with Crippen molar-refractivity contribution >= 4 is 0 Å². The smallest absolute Gasteiger partial charge is 0.219 e. The molecule has 1 aliphatic rings. The minimum atomic E-state index is -1.13. The zero-order valence-corrected chi connectivity index (χ0v) is 8.59. The average Bonchev–Trinajstić information content (AvgIpc) is 2.31. The highest BCUT2D eigenvalue weighted by Crippen LogP contribution is 2.21. The van der Waals surface area contributed by atoms with Gasteiger partial charge < -0.3 is 9.47 Å². The van der Waals surface area contributed by atoms with Crippen molar-refractivity contribution in [3.05, 3.63) is 35.9 Å². The average molecular weight is 207 g/mol. The second-order valence-electron chi connectivity index (χ2n) is 3.67. The molecule has 0 spiro atoms. The van der Waals surface area contributed by atoms with Crippen LogP contribution < -0.4 is 0 Å². The van der Waals surface area contributed by atoms with Gasteiger partial charge in [0.05, 0.1) is 0 Å². The maximum absolute atomic E-state index is 11.7. The lowest BCUT2D eigenvalue weighted by molar-refractivity contribution is -0.261. The molecule has 3 nitrogen and oxygen atoms in total. The molecule has 0 N–H and O–H groups in total. The molecule has 2 atom stereocenters. The molecule has 0 aliphatic carbocycles. The van der Waals surface area contributed by atoms with Crippen molar-refractivity contribution in [1.29, 1.82) is 0 Å². The molecule has 1 fully saturated rings. The van der Waals surface area contributed by atoms with Crippen LogP contribution in [0, 0.1) is 0 Å². The summed E-state index contributed by atoms with van der Waals surface area (Å²) in [6, 6.07) is 9.12. The predicted molar refractivity (Wildman–Crippen MR) is 54.5 cm³/mol. The van der Waals surface area contributed by atoms with Crippen molar-refractivity contribution in [2.24, 2.45) is 0 Å². The summed E-state index contributed by atoms with van der Waals surface area (Å²) in [5, 5.41) is 11.7. The Morgan fingerprint density at radius 1 is 1.27 bits per heavy atom. The Kier molecular flexibility index (Phi) is 3.72. The lowest BCUT2D eigenvalue weighted by Crippen LogP contribution is -2.23. The molecule has 1 aromatic carbocycles. The number of hydrogen-bond acceptors (Lipinski definition) is 2. The van der Waals surface area contributed by atoms with E-state index in [9.17, 15) is 5.11 Å². The van der Waals surface area contributed by atoms with Gasteiger partial charge in [-0.05, 0) is 19.3 Å². The Balaban J connectivity index is 1.88. The molecule has 1 heterocycles. The lowest BCUT2D eigenvalue weighted by atomic mass is 10.2. The van der Waals surface area contributed by atoms with Gasteiger partial charge in [-0.2, -0.15) is 5.11 Å². The summed E-state index contributed by atoms with van der Waals surface area (Å²) < 4.78 is 10.6. The molecule has 2 unspecified atom stereocenters. The molecule has 1 aromatic rings. The highest BCUT2D eigenvalue weighted by Gasteiger charge is 2.19. The Labute approximate surface area is 89.6 Å². The second kappa shape index (κ2) is 5.26. The standard InChI is InChI=1S/C12H15O3/c13-12(10-6-2-1-3-7-10)15-11-8-4-5-9-14-11/h1-3,6-7,11-12H,4-5,8-9H2. The number of ether oxygens (including phenoxy) is 2. The van der Waals surface area contributed by atoms with Gasteiger partial charge in [-0.15, -0.1) is 0 Å². The first-order valence-electron chi connectivity index (χ1n) is 5.34. The van der Waals surface area contributed by atoms with Gasteiger partial charge in [0.2, 0.25) is 6.29 Å². The zero-order chi connectivity index (χ0) is 10.5. The fraction of sp³-hybridized carbons (Fsp3) is 0.500. The van der Waals surface area contributed by atoms with Crippen LogP contribution >= 0.6 is 0 Å². The molecule has 0 amide bonds. The molecule has 15 heavy (non-hydrogen) atoms. The van der Waals surface area contributed by atoms with E-state index in [1.807, 2.05) is 18.2 Å². The van der Waals surface area contributed by atoms with E-state index in [-0.39, 0.29) is 6.29 Å².